The maximum atomic E-state index is 13.1. The fraction of sp³-hybridized carbons (Fsp3) is 0.250. The molecule has 0 spiro atoms. The minimum Gasteiger partial charge on any atom is -0.376 e. The van der Waals surface area contributed by atoms with Crippen molar-refractivity contribution in [2.75, 3.05) is 18.5 Å². The molecular weight excluding hydrogens is 390 g/mol. The van der Waals surface area contributed by atoms with E-state index in [0.29, 0.717) is 12.4 Å². The van der Waals surface area contributed by atoms with Crippen molar-refractivity contribution in [3.8, 4) is 0 Å². The number of hydrogen-bond acceptors (Lipinski definition) is 7. The molecule has 1 saturated heterocycles. The Morgan fingerprint density at radius 2 is 1.90 bits per heavy atom. The smallest absolute Gasteiger partial charge is 0.229 e. The summed E-state index contributed by atoms with van der Waals surface area (Å²) in [7, 11) is -3.85. The average molecular weight is 409 g/mol. The van der Waals surface area contributed by atoms with Gasteiger partial charge in [0.25, 0.3) is 0 Å². The van der Waals surface area contributed by atoms with Crippen LogP contribution in [0.5, 0.6) is 0 Å². The lowest BCUT2D eigenvalue weighted by Gasteiger charge is -2.13. The SMILES string of the molecule is O=S(=O)(c1ccccc1)c1nnn2c1nc(NC[C@@H]1CCCO1)c1ccccc12. The number of nitrogens with one attached hydrogen (secondary N) is 1. The summed E-state index contributed by atoms with van der Waals surface area (Å²) >= 11 is 0. The van der Waals surface area contributed by atoms with Crippen LogP contribution in [-0.4, -0.2) is 47.5 Å². The molecule has 1 aliphatic heterocycles. The summed E-state index contributed by atoms with van der Waals surface area (Å²) in [4.78, 5) is 4.77. The zero-order valence-corrected chi connectivity index (χ0v) is 16.3. The normalized spacial score (nSPS) is 17.2. The molecule has 0 aliphatic carbocycles. The van der Waals surface area contributed by atoms with E-state index in [1.165, 1.54) is 16.6 Å². The van der Waals surface area contributed by atoms with E-state index in [-0.39, 0.29) is 21.7 Å². The van der Waals surface area contributed by atoms with Crippen molar-refractivity contribution in [3.63, 3.8) is 0 Å². The van der Waals surface area contributed by atoms with Crippen molar-refractivity contribution >= 4 is 32.2 Å². The summed E-state index contributed by atoms with van der Waals surface area (Å²) < 4.78 is 33.4. The molecule has 1 atom stereocenters. The van der Waals surface area contributed by atoms with Crippen molar-refractivity contribution in [1.29, 1.82) is 0 Å². The van der Waals surface area contributed by atoms with Crippen molar-refractivity contribution in [3.05, 3.63) is 54.6 Å². The second-order valence-electron chi connectivity index (χ2n) is 6.94. The van der Waals surface area contributed by atoms with Gasteiger partial charge in [-0.25, -0.2) is 13.4 Å². The van der Waals surface area contributed by atoms with Gasteiger partial charge in [-0.2, -0.15) is 4.52 Å². The van der Waals surface area contributed by atoms with Crippen LogP contribution in [0, 0.1) is 0 Å². The van der Waals surface area contributed by atoms with Gasteiger partial charge in [0.1, 0.15) is 5.82 Å². The molecule has 4 aromatic rings. The Morgan fingerprint density at radius 3 is 2.69 bits per heavy atom. The van der Waals surface area contributed by atoms with Gasteiger partial charge in [0.2, 0.25) is 14.9 Å². The molecule has 8 nitrogen and oxygen atoms in total. The highest BCUT2D eigenvalue weighted by Gasteiger charge is 2.27. The van der Waals surface area contributed by atoms with E-state index < -0.39 is 9.84 Å². The lowest BCUT2D eigenvalue weighted by atomic mass is 10.2. The van der Waals surface area contributed by atoms with E-state index in [1.807, 2.05) is 24.3 Å². The van der Waals surface area contributed by atoms with Gasteiger partial charge in [-0.15, -0.1) is 5.10 Å². The second kappa shape index (κ2) is 7.09. The van der Waals surface area contributed by atoms with Crippen LogP contribution >= 0.6 is 0 Å². The average Bonchev–Trinajstić information content (AvgIpc) is 3.43. The highest BCUT2D eigenvalue weighted by molar-refractivity contribution is 7.91. The number of para-hydroxylation sites is 1. The van der Waals surface area contributed by atoms with E-state index in [1.54, 1.807) is 18.2 Å². The van der Waals surface area contributed by atoms with Crippen LogP contribution in [-0.2, 0) is 14.6 Å². The second-order valence-corrected chi connectivity index (χ2v) is 8.80. The van der Waals surface area contributed by atoms with Crippen LogP contribution in [0.2, 0.25) is 0 Å². The molecule has 0 saturated carbocycles. The van der Waals surface area contributed by atoms with Gasteiger partial charge in [-0.05, 0) is 37.1 Å². The summed E-state index contributed by atoms with van der Waals surface area (Å²) in [6, 6.07) is 15.8. The van der Waals surface area contributed by atoms with Crippen molar-refractivity contribution in [2.24, 2.45) is 0 Å². The van der Waals surface area contributed by atoms with E-state index in [0.717, 1.165) is 30.4 Å². The molecule has 9 heteroatoms. The highest BCUT2D eigenvalue weighted by atomic mass is 32.2. The first-order chi connectivity index (χ1) is 14.1. The molecule has 5 rings (SSSR count). The number of ether oxygens (including phenoxy) is 1. The molecule has 1 fully saturated rings. The van der Waals surface area contributed by atoms with Crippen LogP contribution in [0.4, 0.5) is 5.82 Å². The first-order valence-electron chi connectivity index (χ1n) is 9.44. The van der Waals surface area contributed by atoms with Gasteiger partial charge in [0.05, 0.1) is 16.5 Å². The van der Waals surface area contributed by atoms with Crippen LogP contribution in [0.3, 0.4) is 0 Å². The van der Waals surface area contributed by atoms with Gasteiger partial charge in [-0.3, -0.25) is 0 Å². The van der Waals surface area contributed by atoms with Gasteiger partial charge < -0.3 is 10.1 Å². The molecule has 0 bridgehead atoms. The molecule has 2 aromatic heterocycles. The Bertz CT molecular complexity index is 1280. The van der Waals surface area contributed by atoms with Crippen molar-refractivity contribution in [1.82, 2.24) is 19.8 Å². The fourth-order valence-electron chi connectivity index (χ4n) is 3.58. The summed E-state index contributed by atoms with van der Waals surface area (Å²) in [5, 5.41) is 12.1. The van der Waals surface area contributed by atoms with Crippen LogP contribution in [0.15, 0.2) is 64.5 Å². The molecule has 29 heavy (non-hydrogen) atoms. The highest BCUT2D eigenvalue weighted by Crippen LogP contribution is 2.28. The minimum atomic E-state index is -3.85. The van der Waals surface area contributed by atoms with Gasteiger partial charge >= 0.3 is 0 Å². The lowest BCUT2D eigenvalue weighted by Crippen LogP contribution is -2.19. The zero-order chi connectivity index (χ0) is 19.8. The standard InChI is InChI=1S/C20H19N5O3S/c26-29(27,15-8-2-1-3-9-15)20-19-22-18(21-13-14-7-6-12-28-14)16-10-4-5-11-17(16)25(19)24-23-20/h1-5,8-11,14H,6-7,12-13H2,(H,21,22)/t14-/m0/s1. The third-order valence-electron chi connectivity index (χ3n) is 5.05. The van der Waals surface area contributed by atoms with Crippen LogP contribution in [0.25, 0.3) is 16.6 Å². The predicted molar refractivity (Wildman–Crippen MR) is 108 cm³/mol. The molecule has 0 radical (unpaired) electrons. The minimum absolute atomic E-state index is 0.127. The Kier molecular flexibility index (Phi) is 4.40. The number of fused-ring (bicyclic) bond motifs is 3. The quantitative estimate of drug-likeness (QED) is 0.541. The van der Waals surface area contributed by atoms with Crippen LogP contribution in [0.1, 0.15) is 12.8 Å². The molecular formula is C20H19N5O3S. The van der Waals surface area contributed by atoms with E-state index in [2.05, 4.69) is 20.6 Å². The maximum absolute atomic E-state index is 13.1. The number of sulfone groups is 1. The third-order valence-corrected chi connectivity index (χ3v) is 6.72. The number of benzene rings is 2. The predicted octanol–water partition coefficient (Wildman–Crippen LogP) is 2.70. The molecule has 148 valence electrons. The first-order valence-corrected chi connectivity index (χ1v) is 10.9. The van der Waals surface area contributed by atoms with Crippen molar-refractivity contribution in [2.45, 2.75) is 28.9 Å². The fourth-order valence-corrected chi connectivity index (χ4v) is 4.84. The molecule has 1 aliphatic rings. The largest absolute Gasteiger partial charge is 0.376 e. The first kappa shape index (κ1) is 18.0. The van der Waals surface area contributed by atoms with Gasteiger partial charge in [-0.1, -0.05) is 35.5 Å². The Balaban J connectivity index is 1.66. The molecule has 0 unspecified atom stereocenters. The number of anilines is 1. The number of nitrogens with zero attached hydrogens (tertiary/aromatic N) is 4. The summed E-state index contributed by atoms with van der Waals surface area (Å²) in [6.45, 7) is 1.38. The maximum Gasteiger partial charge on any atom is 0.229 e. The number of hydrogen-bond donors (Lipinski definition) is 1. The van der Waals surface area contributed by atoms with Crippen molar-refractivity contribution < 1.29 is 13.2 Å². The van der Waals surface area contributed by atoms with Crippen LogP contribution < -0.4 is 5.32 Å². The van der Waals surface area contributed by atoms with E-state index >= 15 is 0 Å². The monoisotopic (exact) mass is 409 g/mol. The molecule has 2 aromatic carbocycles. The number of rotatable bonds is 5. The Morgan fingerprint density at radius 1 is 1.10 bits per heavy atom. The summed E-state index contributed by atoms with van der Waals surface area (Å²) in [6.07, 6.45) is 2.17. The number of aromatic nitrogens is 4. The third kappa shape index (κ3) is 3.12. The lowest BCUT2D eigenvalue weighted by molar-refractivity contribution is 0.120. The molecule has 1 N–H and O–H groups in total. The molecule has 0 amide bonds. The summed E-state index contributed by atoms with van der Waals surface area (Å²) in [5.41, 5.74) is 0.928. The zero-order valence-electron chi connectivity index (χ0n) is 15.5. The van der Waals surface area contributed by atoms with Gasteiger partial charge in [0.15, 0.2) is 5.65 Å². The topological polar surface area (TPSA) is 98.5 Å². The van der Waals surface area contributed by atoms with E-state index in [4.69, 9.17) is 4.74 Å². The molecule has 3 heterocycles. The summed E-state index contributed by atoms with van der Waals surface area (Å²) in [5.74, 6) is 0.593. The van der Waals surface area contributed by atoms with E-state index in [9.17, 15) is 8.42 Å². The Hall–Kier alpha value is -3.04. The Labute approximate surface area is 167 Å². The van der Waals surface area contributed by atoms with Gasteiger partial charge in [0, 0.05) is 18.5 Å².